The van der Waals surface area contributed by atoms with Crippen molar-refractivity contribution in [1.29, 1.82) is 0 Å². The third kappa shape index (κ3) is 3.10. The number of fused-ring (bicyclic) bond motifs is 1. The van der Waals surface area contributed by atoms with Gasteiger partial charge in [0.1, 0.15) is 5.76 Å². The predicted molar refractivity (Wildman–Crippen MR) is 103 cm³/mol. The lowest BCUT2D eigenvalue weighted by Crippen LogP contribution is -2.30. The Balaban J connectivity index is 1.98. The molecule has 0 spiro atoms. The van der Waals surface area contributed by atoms with Crippen LogP contribution in [-0.4, -0.2) is 14.9 Å². The van der Waals surface area contributed by atoms with Crippen molar-refractivity contribution in [2.45, 2.75) is 5.92 Å². The summed E-state index contributed by atoms with van der Waals surface area (Å²) in [4.78, 5) is 39.5. The van der Waals surface area contributed by atoms with Crippen molar-refractivity contribution >= 4 is 23.0 Å². The number of nitro groups is 1. The maximum absolute atomic E-state index is 12.5. The van der Waals surface area contributed by atoms with Gasteiger partial charge in [0.25, 0.3) is 11.2 Å². The number of non-ortho nitro benzene ring substituents is 1. The second-order valence-electron chi connectivity index (χ2n) is 6.09. The quantitative estimate of drug-likeness (QED) is 0.519. The summed E-state index contributed by atoms with van der Waals surface area (Å²) >= 11 is 6.30. The Morgan fingerprint density at radius 1 is 1.07 bits per heavy atom. The van der Waals surface area contributed by atoms with Crippen LogP contribution in [0.3, 0.4) is 0 Å². The standard InChI is InChI=1S/C19H12ClN3O5/c20-14-7-6-11(23(26)27)8-12(14)13-9-15(10-4-2-1-3-5-10)28-18-16(13)17(24)21-19(25)22-18/h1-9,13H,(H2,21,22,24,25)/t13-/m0/s1. The van der Waals surface area contributed by atoms with E-state index in [1.165, 1.54) is 18.2 Å². The van der Waals surface area contributed by atoms with Crippen LogP contribution in [0.1, 0.15) is 22.6 Å². The van der Waals surface area contributed by atoms with Crippen LogP contribution in [-0.2, 0) is 0 Å². The normalized spacial score (nSPS) is 15.3. The molecule has 2 N–H and O–H groups in total. The fourth-order valence-corrected chi connectivity index (χ4v) is 3.34. The molecule has 0 unspecified atom stereocenters. The molecule has 1 aliphatic heterocycles. The molecule has 1 aromatic heterocycles. The second kappa shape index (κ2) is 6.82. The SMILES string of the molecule is O=c1[nH]c2c(c(=O)[nH]1)[C@H](c1cc([N+](=O)[O-])ccc1Cl)C=C(c1ccccc1)O2. The summed E-state index contributed by atoms with van der Waals surface area (Å²) in [5.74, 6) is -0.392. The number of aromatic amines is 2. The first-order chi connectivity index (χ1) is 13.4. The zero-order valence-electron chi connectivity index (χ0n) is 14.1. The van der Waals surface area contributed by atoms with Gasteiger partial charge in [0.2, 0.25) is 5.88 Å². The number of ether oxygens (including phenoxy) is 1. The first kappa shape index (κ1) is 17.7. The molecular weight excluding hydrogens is 386 g/mol. The summed E-state index contributed by atoms with van der Waals surface area (Å²) in [6.07, 6.45) is 1.65. The van der Waals surface area contributed by atoms with Crippen LogP contribution in [0.2, 0.25) is 5.02 Å². The van der Waals surface area contributed by atoms with Crippen molar-refractivity contribution < 1.29 is 9.66 Å². The molecule has 28 heavy (non-hydrogen) atoms. The summed E-state index contributed by atoms with van der Waals surface area (Å²) < 4.78 is 5.76. The number of nitrogens with one attached hydrogen (secondary N) is 2. The monoisotopic (exact) mass is 397 g/mol. The topological polar surface area (TPSA) is 118 Å². The highest BCUT2D eigenvalue weighted by Crippen LogP contribution is 2.40. The van der Waals surface area contributed by atoms with Gasteiger partial charge in [-0.25, -0.2) is 4.79 Å². The van der Waals surface area contributed by atoms with Gasteiger partial charge in [0.15, 0.2) is 0 Å². The average Bonchev–Trinajstić information content (AvgIpc) is 2.67. The summed E-state index contributed by atoms with van der Waals surface area (Å²) in [6, 6.07) is 13.1. The van der Waals surface area contributed by atoms with E-state index in [2.05, 4.69) is 9.97 Å². The van der Waals surface area contributed by atoms with E-state index in [4.69, 9.17) is 16.3 Å². The Morgan fingerprint density at radius 2 is 1.82 bits per heavy atom. The van der Waals surface area contributed by atoms with Gasteiger partial charge in [-0.3, -0.25) is 24.9 Å². The second-order valence-corrected chi connectivity index (χ2v) is 6.50. The third-order valence-electron chi connectivity index (χ3n) is 4.37. The molecule has 1 atom stereocenters. The maximum atomic E-state index is 12.5. The minimum Gasteiger partial charge on any atom is -0.440 e. The van der Waals surface area contributed by atoms with Crippen molar-refractivity contribution in [3.05, 3.63) is 107 Å². The van der Waals surface area contributed by atoms with Crippen LogP contribution in [0.15, 0.2) is 64.2 Å². The van der Waals surface area contributed by atoms with Crippen molar-refractivity contribution in [1.82, 2.24) is 9.97 Å². The Bertz CT molecular complexity index is 1230. The zero-order valence-corrected chi connectivity index (χ0v) is 14.9. The van der Waals surface area contributed by atoms with Gasteiger partial charge in [0, 0.05) is 28.6 Å². The zero-order chi connectivity index (χ0) is 19.8. The Labute approximate surface area is 162 Å². The number of halogens is 1. The number of rotatable bonds is 3. The molecule has 0 saturated heterocycles. The molecular formula is C19H12ClN3O5. The van der Waals surface area contributed by atoms with Crippen molar-refractivity contribution in [2.75, 3.05) is 0 Å². The molecule has 0 saturated carbocycles. The van der Waals surface area contributed by atoms with Crippen LogP contribution in [0, 0.1) is 10.1 Å². The molecule has 0 radical (unpaired) electrons. The number of H-pyrrole nitrogens is 2. The minimum absolute atomic E-state index is 0.0253. The molecule has 4 rings (SSSR count). The Hall–Kier alpha value is -3.65. The van der Waals surface area contributed by atoms with E-state index in [0.29, 0.717) is 16.9 Å². The number of aromatic nitrogens is 2. The lowest BCUT2D eigenvalue weighted by Gasteiger charge is -2.24. The highest BCUT2D eigenvalue weighted by molar-refractivity contribution is 6.31. The highest BCUT2D eigenvalue weighted by atomic mass is 35.5. The third-order valence-corrected chi connectivity index (χ3v) is 4.71. The summed E-state index contributed by atoms with van der Waals surface area (Å²) in [6.45, 7) is 0. The molecule has 0 bridgehead atoms. The molecule has 0 fully saturated rings. The lowest BCUT2D eigenvalue weighted by atomic mass is 9.89. The molecule has 2 heterocycles. The van der Waals surface area contributed by atoms with Gasteiger partial charge in [-0.15, -0.1) is 0 Å². The largest absolute Gasteiger partial charge is 0.440 e. The predicted octanol–water partition coefficient (Wildman–Crippen LogP) is 3.19. The summed E-state index contributed by atoms with van der Waals surface area (Å²) in [7, 11) is 0. The molecule has 1 aliphatic rings. The van der Waals surface area contributed by atoms with Gasteiger partial charge in [0.05, 0.1) is 10.5 Å². The van der Waals surface area contributed by atoms with Crippen LogP contribution >= 0.6 is 11.6 Å². The first-order valence-electron chi connectivity index (χ1n) is 8.19. The van der Waals surface area contributed by atoms with E-state index in [0.717, 1.165) is 0 Å². The number of benzene rings is 2. The van der Waals surface area contributed by atoms with E-state index < -0.39 is 22.1 Å². The Kier molecular flexibility index (Phi) is 4.32. The molecule has 2 aromatic carbocycles. The van der Waals surface area contributed by atoms with Gasteiger partial charge < -0.3 is 4.74 Å². The number of allylic oxidation sites excluding steroid dienone is 1. The number of hydrogen-bond donors (Lipinski definition) is 2. The molecule has 0 amide bonds. The Morgan fingerprint density at radius 3 is 2.54 bits per heavy atom. The molecule has 0 aliphatic carbocycles. The van der Waals surface area contributed by atoms with Gasteiger partial charge >= 0.3 is 5.69 Å². The van der Waals surface area contributed by atoms with Crippen molar-refractivity contribution in [3.63, 3.8) is 0 Å². The van der Waals surface area contributed by atoms with Crippen molar-refractivity contribution in [3.8, 4) is 5.88 Å². The van der Waals surface area contributed by atoms with Crippen molar-refractivity contribution in [2.24, 2.45) is 0 Å². The summed E-state index contributed by atoms with van der Waals surface area (Å²) in [5, 5.41) is 11.4. The smallest absolute Gasteiger partial charge is 0.328 e. The molecule has 8 nitrogen and oxygen atoms in total. The van der Waals surface area contributed by atoms with Crippen LogP contribution < -0.4 is 16.0 Å². The van der Waals surface area contributed by atoms with Gasteiger partial charge in [-0.2, -0.15) is 0 Å². The van der Waals surface area contributed by atoms with E-state index in [1.54, 1.807) is 18.2 Å². The van der Waals surface area contributed by atoms with Crippen LogP contribution in [0.4, 0.5) is 5.69 Å². The van der Waals surface area contributed by atoms with E-state index in [1.807, 2.05) is 18.2 Å². The minimum atomic E-state index is -0.757. The fraction of sp³-hybridized carbons (Fsp3) is 0.0526. The molecule has 140 valence electrons. The van der Waals surface area contributed by atoms with E-state index in [-0.39, 0.29) is 22.2 Å². The van der Waals surface area contributed by atoms with Gasteiger partial charge in [-0.05, 0) is 17.7 Å². The first-order valence-corrected chi connectivity index (χ1v) is 8.57. The van der Waals surface area contributed by atoms with E-state index in [9.17, 15) is 19.7 Å². The van der Waals surface area contributed by atoms with Crippen LogP contribution in [0.5, 0.6) is 5.88 Å². The van der Waals surface area contributed by atoms with Gasteiger partial charge in [-0.1, -0.05) is 41.9 Å². The molecule has 9 heteroatoms. The van der Waals surface area contributed by atoms with E-state index >= 15 is 0 Å². The number of nitro benzene ring substituents is 1. The van der Waals surface area contributed by atoms with Crippen LogP contribution in [0.25, 0.3) is 5.76 Å². The summed E-state index contributed by atoms with van der Waals surface area (Å²) in [5.41, 5.74) is -0.367. The number of nitrogens with zero attached hydrogens (tertiary/aromatic N) is 1. The fourth-order valence-electron chi connectivity index (χ4n) is 3.10. The average molecular weight is 398 g/mol. The number of hydrogen-bond acceptors (Lipinski definition) is 5. The molecule has 3 aromatic rings. The lowest BCUT2D eigenvalue weighted by molar-refractivity contribution is -0.384. The maximum Gasteiger partial charge on any atom is 0.328 e. The highest BCUT2D eigenvalue weighted by Gasteiger charge is 2.30.